The number of hydrogen-bond acceptors (Lipinski definition) is 0. The smallest absolute Gasteiger partial charge is 0.0623 e. The molecule has 1 aliphatic rings. The minimum absolute atomic E-state index is 1.30. The number of fused-ring (bicyclic) bond motifs is 4. The van der Waals surface area contributed by atoms with Gasteiger partial charge in [-0.05, 0) is 63.0 Å². The predicted molar refractivity (Wildman–Crippen MR) is 202 cm³/mol. The van der Waals surface area contributed by atoms with Gasteiger partial charge in [-0.15, -0.1) is 0 Å². The Morgan fingerprint density at radius 2 is 0.413 bits per heavy atom. The first-order valence-corrected chi connectivity index (χ1v) is 20.1. The lowest BCUT2D eigenvalue weighted by Gasteiger charge is -2.49. The molecule has 1 heterocycles. The molecule has 8 aromatic carbocycles. The van der Waals surface area contributed by atoms with E-state index in [0.29, 0.717) is 0 Å². The van der Waals surface area contributed by atoms with Gasteiger partial charge >= 0.3 is 0 Å². The van der Waals surface area contributed by atoms with Crippen LogP contribution in [0.1, 0.15) is 0 Å². The standard InChI is InChI=1S/C44H32Si2/c1-5-21-37(22-6-1)45(38-23-7-2-8-24-38)41-29-33-17-13-15-19-35(33)31-43(41)46(39-25-9-3-10-26-39,40-27-11-4-12-28-40)44-32-36-20-16-14-18-34(36)30-42(44)45/h1-32H. The summed E-state index contributed by atoms with van der Waals surface area (Å²) in [6.45, 7) is 0. The molecule has 0 radical (unpaired) electrons. The molecule has 216 valence electrons. The Labute approximate surface area is 272 Å². The maximum atomic E-state index is 2.59. The first kappa shape index (κ1) is 27.1. The van der Waals surface area contributed by atoms with Crippen molar-refractivity contribution >= 4 is 79.2 Å². The maximum Gasteiger partial charge on any atom is 0.179 e. The van der Waals surface area contributed by atoms with Gasteiger partial charge in [-0.25, -0.2) is 0 Å². The molecule has 0 spiro atoms. The van der Waals surface area contributed by atoms with Crippen molar-refractivity contribution in [3.05, 3.63) is 194 Å². The zero-order chi connectivity index (χ0) is 30.6. The highest BCUT2D eigenvalue weighted by Crippen LogP contribution is 2.24. The van der Waals surface area contributed by atoms with E-state index in [1.807, 2.05) is 0 Å². The van der Waals surface area contributed by atoms with E-state index in [9.17, 15) is 0 Å². The molecule has 0 aliphatic carbocycles. The summed E-state index contributed by atoms with van der Waals surface area (Å²) in [5.41, 5.74) is 0. The highest BCUT2D eigenvalue weighted by Gasteiger charge is 2.56. The van der Waals surface area contributed by atoms with Gasteiger partial charge in [0.2, 0.25) is 0 Å². The minimum Gasteiger partial charge on any atom is -0.0623 e. The number of rotatable bonds is 4. The Morgan fingerprint density at radius 3 is 0.630 bits per heavy atom. The Hall–Kier alpha value is -5.29. The Bertz CT molecular complexity index is 2010. The number of hydrogen-bond donors (Lipinski definition) is 0. The van der Waals surface area contributed by atoms with E-state index in [2.05, 4.69) is 194 Å². The summed E-state index contributed by atoms with van der Waals surface area (Å²) in [5, 5.41) is 17.0. The van der Waals surface area contributed by atoms with Gasteiger partial charge in [0.25, 0.3) is 0 Å². The van der Waals surface area contributed by atoms with E-state index in [0.717, 1.165) is 0 Å². The van der Waals surface area contributed by atoms with Crippen LogP contribution in [-0.2, 0) is 0 Å². The number of benzene rings is 8. The van der Waals surface area contributed by atoms with Crippen molar-refractivity contribution < 1.29 is 0 Å². The van der Waals surface area contributed by atoms with Crippen molar-refractivity contribution in [2.75, 3.05) is 0 Å². The van der Waals surface area contributed by atoms with Crippen LogP contribution in [0.4, 0.5) is 0 Å². The molecular weight excluding hydrogens is 585 g/mol. The van der Waals surface area contributed by atoms with Crippen LogP contribution in [0, 0.1) is 0 Å². The Kier molecular flexibility index (Phi) is 6.27. The fourth-order valence-electron chi connectivity index (χ4n) is 8.34. The molecule has 0 saturated carbocycles. The van der Waals surface area contributed by atoms with Crippen molar-refractivity contribution in [2.24, 2.45) is 0 Å². The van der Waals surface area contributed by atoms with Crippen LogP contribution in [0.3, 0.4) is 0 Å². The van der Waals surface area contributed by atoms with Crippen molar-refractivity contribution in [3.63, 3.8) is 0 Å². The summed E-state index contributed by atoms with van der Waals surface area (Å²) in [6.07, 6.45) is 0. The third kappa shape index (κ3) is 3.78. The summed E-state index contributed by atoms with van der Waals surface area (Å²) in [5.74, 6) is 0. The summed E-state index contributed by atoms with van der Waals surface area (Å²) < 4.78 is 0. The van der Waals surface area contributed by atoms with Crippen LogP contribution in [0.2, 0.25) is 0 Å². The Balaban J connectivity index is 1.60. The average molecular weight is 617 g/mol. The van der Waals surface area contributed by atoms with E-state index in [4.69, 9.17) is 0 Å². The van der Waals surface area contributed by atoms with Crippen molar-refractivity contribution in [1.29, 1.82) is 0 Å². The second kappa shape index (κ2) is 10.7. The SMILES string of the molecule is c1ccc([Si]2(c3ccccc3)c3cc4ccccc4cc3[Si](c3ccccc3)(c3ccccc3)c3cc4ccccc4cc32)cc1. The van der Waals surface area contributed by atoms with Gasteiger partial charge < -0.3 is 0 Å². The zero-order valence-electron chi connectivity index (χ0n) is 25.5. The molecule has 0 aromatic heterocycles. The van der Waals surface area contributed by atoms with Gasteiger partial charge in [0.1, 0.15) is 0 Å². The van der Waals surface area contributed by atoms with Crippen LogP contribution in [0.5, 0.6) is 0 Å². The first-order valence-electron chi connectivity index (χ1n) is 16.1. The first-order chi connectivity index (χ1) is 22.8. The fourth-order valence-corrected chi connectivity index (χ4v) is 20.5. The van der Waals surface area contributed by atoms with E-state index < -0.39 is 16.1 Å². The van der Waals surface area contributed by atoms with E-state index in [1.54, 1.807) is 0 Å². The zero-order valence-corrected chi connectivity index (χ0v) is 27.5. The highest BCUT2D eigenvalue weighted by atomic mass is 28.3. The lowest BCUT2D eigenvalue weighted by molar-refractivity contribution is 1.66. The van der Waals surface area contributed by atoms with Crippen LogP contribution in [-0.4, -0.2) is 16.1 Å². The molecule has 0 bridgehead atoms. The van der Waals surface area contributed by atoms with Gasteiger partial charge in [-0.1, -0.05) is 194 Å². The molecular formula is C44H32Si2. The fraction of sp³-hybridized carbons (Fsp3) is 0. The molecule has 46 heavy (non-hydrogen) atoms. The van der Waals surface area contributed by atoms with Crippen LogP contribution >= 0.6 is 0 Å². The molecule has 2 heteroatoms. The molecule has 0 unspecified atom stereocenters. The normalized spacial score (nSPS) is 14.4. The highest BCUT2D eigenvalue weighted by molar-refractivity contribution is 7.33. The molecule has 9 rings (SSSR count). The molecule has 1 aliphatic heterocycles. The predicted octanol–water partition coefficient (Wildman–Crippen LogP) is 5.06. The van der Waals surface area contributed by atoms with E-state index in [-0.39, 0.29) is 0 Å². The molecule has 0 N–H and O–H groups in total. The van der Waals surface area contributed by atoms with Crippen LogP contribution in [0.15, 0.2) is 194 Å². The summed E-state index contributed by atoms with van der Waals surface area (Å²) in [6, 6.07) is 74.0. The monoisotopic (exact) mass is 616 g/mol. The lowest BCUT2D eigenvalue weighted by Crippen LogP contribution is -2.93. The van der Waals surface area contributed by atoms with Gasteiger partial charge in [-0.2, -0.15) is 0 Å². The quantitative estimate of drug-likeness (QED) is 0.243. The molecule has 0 nitrogen and oxygen atoms in total. The summed E-state index contributed by atoms with van der Waals surface area (Å²) in [4.78, 5) is 0. The van der Waals surface area contributed by atoms with Gasteiger partial charge in [0.15, 0.2) is 16.1 Å². The molecule has 8 aromatic rings. The van der Waals surface area contributed by atoms with Crippen molar-refractivity contribution in [2.45, 2.75) is 0 Å². The van der Waals surface area contributed by atoms with Gasteiger partial charge in [-0.3, -0.25) is 0 Å². The van der Waals surface area contributed by atoms with Gasteiger partial charge in [0.05, 0.1) is 0 Å². The van der Waals surface area contributed by atoms with Crippen molar-refractivity contribution in [3.8, 4) is 0 Å². The second-order valence-electron chi connectivity index (χ2n) is 12.5. The maximum absolute atomic E-state index is 2.83. The second-order valence-corrected chi connectivity index (χ2v) is 19.9. The summed E-state index contributed by atoms with van der Waals surface area (Å²) >= 11 is 0. The lowest BCUT2D eigenvalue weighted by atomic mass is 10.1. The molecule has 0 fully saturated rings. The van der Waals surface area contributed by atoms with E-state index >= 15 is 0 Å². The summed E-state index contributed by atoms with van der Waals surface area (Å²) in [7, 11) is -5.66. The van der Waals surface area contributed by atoms with Crippen molar-refractivity contribution in [1.82, 2.24) is 0 Å². The largest absolute Gasteiger partial charge is 0.179 e. The minimum atomic E-state index is -2.83. The van der Waals surface area contributed by atoms with Crippen LogP contribution < -0.4 is 41.5 Å². The average Bonchev–Trinajstić information content (AvgIpc) is 3.14. The van der Waals surface area contributed by atoms with Gasteiger partial charge in [0, 0.05) is 0 Å². The van der Waals surface area contributed by atoms with Crippen LogP contribution in [0.25, 0.3) is 21.5 Å². The third-order valence-electron chi connectivity index (χ3n) is 10.2. The topological polar surface area (TPSA) is 0 Å². The molecule has 0 atom stereocenters. The van der Waals surface area contributed by atoms with E-state index in [1.165, 1.54) is 63.0 Å². The molecule has 0 saturated heterocycles. The third-order valence-corrected chi connectivity index (χ3v) is 20.4. The Morgan fingerprint density at radius 1 is 0.217 bits per heavy atom. The molecule has 0 amide bonds.